The molecule has 0 saturated carbocycles. The summed E-state index contributed by atoms with van der Waals surface area (Å²) in [7, 11) is 0. The number of carboxylic acid groups (broad SMARTS) is 1. The summed E-state index contributed by atoms with van der Waals surface area (Å²) in [6.07, 6.45) is 0. The van der Waals surface area contributed by atoms with Crippen LogP contribution in [0.5, 0.6) is 11.5 Å². The SMILES string of the molecule is O=C(O)c1c(I)c(O)c(I)c(O)c1I. The number of carboxylic acids is 1. The standard InChI is InChI=1S/C7H3I3O4/c8-2-1(7(13)14)3(9)6(12)4(10)5(2)11/h11-12H,(H,13,14). The molecular formula is C7H3I3O4. The molecule has 0 fully saturated rings. The van der Waals surface area contributed by atoms with Gasteiger partial charge < -0.3 is 15.3 Å². The molecule has 0 saturated heterocycles. The van der Waals surface area contributed by atoms with Gasteiger partial charge >= 0.3 is 5.97 Å². The van der Waals surface area contributed by atoms with E-state index in [2.05, 4.69) is 0 Å². The molecule has 0 bridgehead atoms. The van der Waals surface area contributed by atoms with Gasteiger partial charge in [-0.3, -0.25) is 0 Å². The fourth-order valence-electron chi connectivity index (χ4n) is 0.826. The lowest BCUT2D eigenvalue weighted by molar-refractivity contribution is 0.0693. The Morgan fingerprint density at radius 3 is 1.57 bits per heavy atom. The van der Waals surface area contributed by atoms with E-state index in [1.54, 1.807) is 67.8 Å². The molecular weight excluding hydrogens is 529 g/mol. The molecule has 0 spiro atoms. The summed E-state index contributed by atoms with van der Waals surface area (Å²) in [5.41, 5.74) is -0.0679. The fourth-order valence-corrected chi connectivity index (χ4v) is 4.45. The largest absolute Gasteiger partial charge is 0.506 e. The van der Waals surface area contributed by atoms with Crippen molar-refractivity contribution in [2.75, 3.05) is 0 Å². The van der Waals surface area contributed by atoms with Crippen LogP contribution in [-0.4, -0.2) is 21.3 Å². The van der Waals surface area contributed by atoms with Crippen molar-refractivity contribution in [2.24, 2.45) is 0 Å². The van der Waals surface area contributed by atoms with Crippen LogP contribution in [0, 0.1) is 10.7 Å². The Bertz CT molecular complexity index is 387. The van der Waals surface area contributed by atoms with Crippen molar-refractivity contribution in [1.82, 2.24) is 0 Å². The van der Waals surface area contributed by atoms with Crippen LogP contribution in [0.25, 0.3) is 0 Å². The molecule has 0 aromatic heterocycles. The van der Waals surface area contributed by atoms with Gasteiger partial charge in [0.15, 0.2) is 0 Å². The van der Waals surface area contributed by atoms with Gasteiger partial charge in [-0.2, -0.15) is 0 Å². The number of halogens is 3. The smallest absolute Gasteiger partial charge is 0.338 e. The second kappa shape index (κ2) is 4.55. The van der Waals surface area contributed by atoms with Crippen LogP contribution in [0.1, 0.15) is 10.4 Å². The molecule has 0 radical (unpaired) electrons. The van der Waals surface area contributed by atoms with Crippen molar-refractivity contribution in [3.8, 4) is 11.5 Å². The van der Waals surface area contributed by atoms with Crippen molar-refractivity contribution in [3.63, 3.8) is 0 Å². The summed E-state index contributed by atoms with van der Waals surface area (Å²) in [6.45, 7) is 0. The summed E-state index contributed by atoms with van der Waals surface area (Å²) in [4.78, 5) is 10.8. The molecule has 0 aliphatic rings. The molecule has 7 heteroatoms. The number of phenolic OH excluding ortho intramolecular Hbond substituents is 2. The van der Waals surface area contributed by atoms with Gasteiger partial charge in [-0.15, -0.1) is 0 Å². The Hall–Kier alpha value is 0.480. The maximum atomic E-state index is 10.8. The summed E-state index contributed by atoms with van der Waals surface area (Å²) < 4.78 is 0.741. The monoisotopic (exact) mass is 532 g/mol. The maximum Gasteiger partial charge on any atom is 0.338 e. The minimum absolute atomic E-state index is 0.0679. The van der Waals surface area contributed by atoms with E-state index < -0.39 is 5.97 Å². The zero-order chi connectivity index (χ0) is 11.0. The fraction of sp³-hybridized carbons (Fsp3) is 0. The van der Waals surface area contributed by atoms with E-state index >= 15 is 0 Å². The molecule has 3 N–H and O–H groups in total. The van der Waals surface area contributed by atoms with E-state index in [1.165, 1.54) is 0 Å². The number of benzene rings is 1. The van der Waals surface area contributed by atoms with Gasteiger partial charge in [0.05, 0.1) is 16.3 Å². The van der Waals surface area contributed by atoms with Crippen LogP contribution in [-0.2, 0) is 0 Å². The molecule has 1 rings (SSSR count). The van der Waals surface area contributed by atoms with Crippen molar-refractivity contribution in [3.05, 3.63) is 16.3 Å². The quantitative estimate of drug-likeness (QED) is 0.487. The van der Waals surface area contributed by atoms with Crippen molar-refractivity contribution in [2.45, 2.75) is 0 Å². The predicted octanol–water partition coefficient (Wildman–Crippen LogP) is 2.61. The highest BCUT2D eigenvalue weighted by molar-refractivity contribution is 14.1. The van der Waals surface area contributed by atoms with Gasteiger partial charge in [0, 0.05) is 0 Å². The number of aromatic carboxylic acids is 1. The van der Waals surface area contributed by atoms with E-state index in [-0.39, 0.29) is 27.8 Å². The predicted molar refractivity (Wildman–Crippen MR) is 74.9 cm³/mol. The minimum atomic E-state index is -1.17. The topological polar surface area (TPSA) is 77.8 Å². The van der Waals surface area contributed by atoms with Crippen LogP contribution in [0.15, 0.2) is 0 Å². The lowest BCUT2D eigenvalue weighted by Crippen LogP contribution is -2.04. The van der Waals surface area contributed by atoms with Gasteiger partial charge in [-0.1, -0.05) is 0 Å². The lowest BCUT2D eigenvalue weighted by Gasteiger charge is -2.09. The van der Waals surface area contributed by atoms with Gasteiger partial charge in [0.2, 0.25) is 0 Å². The molecule has 0 aliphatic carbocycles. The third-order valence-electron chi connectivity index (χ3n) is 1.48. The summed E-state index contributed by atoms with van der Waals surface area (Å²) in [5, 5.41) is 27.9. The summed E-state index contributed by atoms with van der Waals surface area (Å²) in [5.74, 6) is -1.55. The molecule has 1 aromatic carbocycles. The molecule has 0 amide bonds. The maximum absolute atomic E-state index is 10.8. The number of rotatable bonds is 1. The van der Waals surface area contributed by atoms with E-state index in [9.17, 15) is 15.0 Å². The number of hydrogen-bond donors (Lipinski definition) is 3. The molecule has 4 nitrogen and oxygen atoms in total. The van der Waals surface area contributed by atoms with Gasteiger partial charge in [0.25, 0.3) is 0 Å². The minimum Gasteiger partial charge on any atom is -0.506 e. The van der Waals surface area contributed by atoms with Crippen LogP contribution in [0.4, 0.5) is 0 Å². The van der Waals surface area contributed by atoms with E-state index in [0.29, 0.717) is 0 Å². The van der Waals surface area contributed by atoms with E-state index in [4.69, 9.17) is 5.11 Å². The molecule has 14 heavy (non-hydrogen) atoms. The van der Waals surface area contributed by atoms with Crippen LogP contribution >= 0.6 is 67.8 Å². The Balaban J connectivity index is 3.68. The zero-order valence-corrected chi connectivity index (χ0v) is 12.9. The number of phenols is 2. The van der Waals surface area contributed by atoms with Crippen LogP contribution in [0.3, 0.4) is 0 Å². The van der Waals surface area contributed by atoms with Crippen molar-refractivity contribution < 1.29 is 20.1 Å². The van der Waals surface area contributed by atoms with Gasteiger partial charge in [-0.05, 0) is 67.8 Å². The zero-order valence-electron chi connectivity index (χ0n) is 6.38. The highest BCUT2D eigenvalue weighted by Gasteiger charge is 2.23. The Morgan fingerprint density at radius 1 is 0.929 bits per heavy atom. The van der Waals surface area contributed by atoms with E-state index in [1.807, 2.05) is 0 Å². The molecule has 0 atom stereocenters. The number of aromatic hydroxyl groups is 2. The second-order valence-electron chi connectivity index (χ2n) is 2.32. The average Bonchev–Trinajstić information content (AvgIpc) is 2.11. The first-order valence-corrected chi connectivity index (χ1v) is 6.43. The number of hydrogen-bond acceptors (Lipinski definition) is 3. The Kier molecular flexibility index (Phi) is 4.08. The summed E-state index contributed by atoms with van der Waals surface area (Å²) in [6, 6.07) is 0. The first kappa shape index (κ1) is 12.5. The van der Waals surface area contributed by atoms with E-state index in [0.717, 1.165) is 0 Å². The molecule has 1 aromatic rings. The molecule has 0 aliphatic heterocycles. The highest BCUT2D eigenvalue weighted by atomic mass is 127. The normalized spacial score (nSPS) is 10.2. The van der Waals surface area contributed by atoms with Crippen molar-refractivity contribution in [1.29, 1.82) is 0 Å². The molecule has 0 heterocycles. The molecule has 76 valence electrons. The van der Waals surface area contributed by atoms with Crippen molar-refractivity contribution >= 4 is 73.7 Å². The van der Waals surface area contributed by atoms with Crippen LogP contribution in [0.2, 0.25) is 0 Å². The number of carbonyl (C=O) groups is 1. The van der Waals surface area contributed by atoms with Gasteiger partial charge in [0.1, 0.15) is 11.5 Å². The first-order valence-electron chi connectivity index (χ1n) is 3.19. The third kappa shape index (κ3) is 2.03. The Labute approximate surface area is 120 Å². The Morgan fingerprint density at radius 2 is 1.29 bits per heavy atom. The highest BCUT2D eigenvalue weighted by Crippen LogP contribution is 2.39. The first-order chi connectivity index (χ1) is 6.37. The molecule has 0 unspecified atom stereocenters. The third-order valence-corrected chi connectivity index (χ3v) is 4.61. The lowest BCUT2D eigenvalue weighted by atomic mass is 10.2. The summed E-state index contributed by atoms with van der Waals surface area (Å²) >= 11 is 5.23. The average molecular weight is 532 g/mol. The van der Waals surface area contributed by atoms with Crippen LogP contribution < -0.4 is 0 Å². The second-order valence-corrected chi connectivity index (χ2v) is 5.56. The van der Waals surface area contributed by atoms with Gasteiger partial charge in [-0.25, -0.2) is 4.79 Å².